The van der Waals surface area contributed by atoms with Crippen LogP contribution in [0.25, 0.3) is 0 Å². The minimum absolute atomic E-state index is 0.335. The molecular weight excluding hydrogens is 194 g/mol. The molecule has 1 atom stereocenters. The highest BCUT2D eigenvalue weighted by atomic mass is 16.6. The van der Waals surface area contributed by atoms with E-state index in [1.807, 2.05) is 32.9 Å². The largest absolute Gasteiger partial charge is 0.444 e. The third-order valence-corrected chi connectivity index (χ3v) is 1.98. The minimum atomic E-state index is -0.490. The van der Waals surface area contributed by atoms with Crippen molar-refractivity contribution in [1.29, 1.82) is 0 Å². The van der Waals surface area contributed by atoms with Crippen LogP contribution in [0.2, 0.25) is 0 Å². The standard InChI is InChI=1S/C11H19NO3/c1-11(2,3)15-10(14)12-7-5-4-6-9(13)8-12/h4-5,9,13H,6-8H2,1-3H3. The topological polar surface area (TPSA) is 49.8 Å². The van der Waals surface area contributed by atoms with Crippen LogP contribution in [0.3, 0.4) is 0 Å². The van der Waals surface area contributed by atoms with E-state index >= 15 is 0 Å². The Morgan fingerprint density at radius 2 is 2.13 bits per heavy atom. The zero-order valence-electron chi connectivity index (χ0n) is 9.56. The molecule has 0 aromatic carbocycles. The third kappa shape index (κ3) is 4.34. The monoisotopic (exact) mass is 213 g/mol. The van der Waals surface area contributed by atoms with Gasteiger partial charge < -0.3 is 14.7 Å². The van der Waals surface area contributed by atoms with E-state index in [0.29, 0.717) is 19.5 Å². The van der Waals surface area contributed by atoms with Crippen molar-refractivity contribution >= 4 is 6.09 Å². The molecule has 0 saturated heterocycles. The smallest absolute Gasteiger partial charge is 0.410 e. The van der Waals surface area contributed by atoms with Crippen molar-refractivity contribution in [2.45, 2.75) is 38.9 Å². The lowest BCUT2D eigenvalue weighted by molar-refractivity contribution is 0.0185. The minimum Gasteiger partial charge on any atom is -0.444 e. The van der Waals surface area contributed by atoms with E-state index in [4.69, 9.17) is 4.74 Å². The highest BCUT2D eigenvalue weighted by Crippen LogP contribution is 2.12. The van der Waals surface area contributed by atoms with E-state index in [0.717, 1.165) is 0 Å². The van der Waals surface area contributed by atoms with Gasteiger partial charge in [-0.1, -0.05) is 12.2 Å². The molecule has 1 aliphatic rings. The second kappa shape index (κ2) is 4.66. The molecule has 15 heavy (non-hydrogen) atoms. The first-order valence-corrected chi connectivity index (χ1v) is 5.19. The fourth-order valence-electron chi connectivity index (χ4n) is 1.33. The summed E-state index contributed by atoms with van der Waals surface area (Å²) in [5.74, 6) is 0. The molecule has 1 aliphatic heterocycles. The lowest BCUT2D eigenvalue weighted by Gasteiger charge is -2.26. The Balaban J connectivity index is 2.55. The molecule has 86 valence electrons. The summed E-state index contributed by atoms with van der Waals surface area (Å²) in [7, 11) is 0. The summed E-state index contributed by atoms with van der Waals surface area (Å²) >= 11 is 0. The van der Waals surface area contributed by atoms with Gasteiger partial charge in [-0.25, -0.2) is 4.79 Å². The predicted octanol–water partition coefficient (Wildman–Crippen LogP) is 1.54. The summed E-state index contributed by atoms with van der Waals surface area (Å²) in [4.78, 5) is 13.2. The fraction of sp³-hybridized carbons (Fsp3) is 0.727. The SMILES string of the molecule is CC(C)(C)OC(=O)N1CC=CCC(O)C1. The fourth-order valence-corrected chi connectivity index (χ4v) is 1.33. The predicted molar refractivity (Wildman–Crippen MR) is 57.6 cm³/mol. The van der Waals surface area contributed by atoms with Gasteiger partial charge in [-0.05, 0) is 27.2 Å². The number of carbonyl (C=O) groups is 1. The Kier molecular flexibility index (Phi) is 3.74. The number of hydrogen-bond acceptors (Lipinski definition) is 3. The van der Waals surface area contributed by atoms with Crippen LogP contribution in [0.15, 0.2) is 12.2 Å². The van der Waals surface area contributed by atoms with Crippen LogP contribution in [-0.2, 0) is 4.74 Å². The van der Waals surface area contributed by atoms with Gasteiger partial charge in [0, 0.05) is 6.54 Å². The molecule has 0 bridgehead atoms. The van der Waals surface area contributed by atoms with Gasteiger partial charge in [-0.2, -0.15) is 0 Å². The lowest BCUT2D eigenvalue weighted by Crippen LogP contribution is -2.40. The Labute approximate surface area is 90.5 Å². The third-order valence-electron chi connectivity index (χ3n) is 1.98. The summed E-state index contributed by atoms with van der Waals surface area (Å²) < 4.78 is 5.22. The summed E-state index contributed by atoms with van der Waals surface area (Å²) in [5, 5.41) is 9.51. The number of β-amino-alcohol motifs (C(OH)–C–C–N with tert-alkyl or cyclic N) is 1. The van der Waals surface area contributed by atoms with Crippen LogP contribution in [0.4, 0.5) is 4.79 Å². The van der Waals surface area contributed by atoms with Gasteiger partial charge >= 0.3 is 6.09 Å². The molecule has 0 radical (unpaired) electrons. The first-order chi connectivity index (χ1) is 6.88. The van der Waals surface area contributed by atoms with Crippen LogP contribution in [0, 0.1) is 0 Å². The van der Waals surface area contributed by atoms with E-state index < -0.39 is 11.7 Å². The highest BCUT2D eigenvalue weighted by molar-refractivity contribution is 5.68. The number of aliphatic hydroxyl groups excluding tert-OH is 1. The first kappa shape index (κ1) is 12.0. The highest BCUT2D eigenvalue weighted by Gasteiger charge is 2.23. The van der Waals surface area contributed by atoms with Crippen molar-refractivity contribution in [3.63, 3.8) is 0 Å². The summed E-state index contributed by atoms with van der Waals surface area (Å²) in [6.45, 7) is 6.33. The number of rotatable bonds is 0. The maximum Gasteiger partial charge on any atom is 0.410 e. The zero-order valence-corrected chi connectivity index (χ0v) is 9.56. The number of carbonyl (C=O) groups excluding carboxylic acids is 1. The van der Waals surface area contributed by atoms with Crippen molar-refractivity contribution < 1.29 is 14.6 Å². The van der Waals surface area contributed by atoms with Gasteiger partial charge in [0.1, 0.15) is 5.60 Å². The van der Waals surface area contributed by atoms with E-state index in [-0.39, 0.29) is 6.09 Å². The maximum absolute atomic E-state index is 11.7. The molecule has 1 amide bonds. The first-order valence-electron chi connectivity index (χ1n) is 5.19. The molecule has 1 N–H and O–H groups in total. The van der Waals surface area contributed by atoms with E-state index in [1.54, 1.807) is 0 Å². The Bertz CT molecular complexity index is 255. The second-order valence-electron chi connectivity index (χ2n) is 4.75. The van der Waals surface area contributed by atoms with Gasteiger partial charge in [0.05, 0.1) is 12.6 Å². The van der Waals surface area contributed by atoms with Crippen molar-refractivity contribution in [3.8, 4) is 0 Å². The summed E-state index contributed by atoms with van der Waals surface area (Å²) in [6.07, 6.45) is 3.50. The molecule has 4 heteroatoms. The van der Waals surface area contributed by atoms with Gasteiger partial charge in [-0.3, -0.25) is 0 Å². The normalized spacial score (nSPS) is 22.4. The quantitative estimate of drug-likeness (QED) is 0.621. The summed E-state index contributed by atoms with van der Waals surface area (Å²) in [6, 6.07) is 0. The van der Waals surface area contributed by atoms with Gasteiger partial charge in [0.2, 0.25) is 0 Å². The molecule has 1 rings (SSSR count). The maximum atomic E-state index is 11.7. The molecule has 0 fully saturated rings. The molecule has 0 aromatic rings. The molecule has 0 spiro atoms. The number of nitrogens with zero attached hydrogens (tertiary/aromatic N) is 1. The summed E-state index contributed by atoms with van der Waals surface area (Å²) in [5.41, 5.74) is -0.488. The van der Waals surface area contributed by atoms with E-state index in [9.17, 15) is 9.90 Å². The van der Waals surface area contributed by atoms with E-state index in [1.165, 1.54) is 4.90 Å². The van der Waals surface area contributed by atoms with Crippen LogP contribution in [-0.4, -0.2) is 40.9 Å². The van der Waals surface area contributed by atoms with Crippen LogP contribution in [0.1, 0.15) is 27.2 Å². The van der Waals surface area contributed by atoms with Crippen molar-refractivity contribution in [3.05, 3.63) is 12.2 Å². The Hall–Kier alpha value is -1.03. The van der Waals surface area contributed by atoms with Gasteiger partial charge in [0.25, 0.3) is 0 Å². The zero-order chi connectivity index (χ0) is 11.5. The number of aliphatic hydroxyl groups is 1. The molecule has 0 saturated carbocycles. The van der Waals surface area contributed by atoms with Crippen molar-refractivity contribution in [2.24, 2.45) is 0 Å². The second-order valence-corrected chi connectivity index (χ2v) is 4.75. The number of ether oxygens (including phenoxy) is 1. The molecule has 1 heterocycles. The van der Waals surface area contributed by atoms with Gasteiger partial charge in [-0.15, -0.1) is 0 Å². The molecular formula is C11H19NO3. The average molecular weight is 213 g/mol. The molecule has 0 aliphatic carbocycles. The van der Waals surface area contributed by atoms with Crippen LogP contribution in [0.5, 0.6) is 0 Å². The van der Waals surface area contributed by atoms with E-state index in [2.05, 4.69) is 0 Å². The van der Waals surface area contributed by atoms with Crippen molar-refractivity contribution in [1.82, 2.24) is 4.90 Å². The molecule has 0 aromatic heterocycles. The lowest BCUT2D eigenvalue weighted by atomic mass is 10.2. The van der Waals surface area contributed by atoms with Crippen molar-refractivity contribution in [2.75, 3.05) is 13.1 Å². The molecule has 4 nitrogen and oxygen atoms in total. The molecule has 1 unspecified atom stereocenters. The van der Waals surface area contributed by atoms with Gasteiger partial charge in [0.15, 0.2) is 0 Å². The Morgan fingerprint density at radius 3 is 2.73 bits per heavy atom. The van der Waals surface area contributed by atoms with Crippen LogP contribution < -0.4 is 0 Å². The number of amides is 1. The number of hydrogen-bond donors (Lipinski definition) is 1. The Morgan fingerprint density at radius 1 is 1.47 bits per heavy atom. The average Bonchev–Trinajstić information content (AvgIpc) is 2.26. The van der Waals surface area contributed by atoms with Crippen LogP contribution >= 0.6 is 0 Å².